The highest BCUT2D eigenvalue weighted by molar-refractivity contribution is 7.46. The van der Waals surface area contributed by atoms with E-state index in [1.54, 1.807) is 6.07 Å². The second kappa shape index (κ2) is 11.3. The number of hydrogen-bond acceptors (Lipinski definition) is 4. The predicted octanol–water partition coefficient (Wildman–Crippen LogP) is 4.81. The summed E-state index contributed by atoms with van der Waals surface area (Å²) in [6.45, 7) is 3.42. The molecule has 0 aromatic heterocycles. The van der Waals surface area contributed by atoms with E-state index in [1.807, 2.05) is 0 Å². The normalized spacial score (nSPS) is 14.6. The lowest BCUT2D eigenvalue weighted by atomic mass is 9.94. The topological polar surface area (TPSA) is 102 Å². The van der Waals surface area contributed by atoms with Crippen molar-refractivity contribution in [2.45, 2.75) is 70.5 Å². The van der Waals surface area contributed by atoms with E-state index in [4.69, 9.17) is 20.3 Å². The van der Waals surface area contributed by atoms with E-state index in [2.05, 4.69) is 11.4 Å². The Morgan fingerprint density at radius 3 is 2.38 bits per heavy atom. The van der Waals surface area contributed by atoms with E-state index < -0.39 is 31.7 Å². The van der Waals surface area contributed by atoms with Gasteiger partial charge in [-0.3, -0.25) is 4.52 Å². The number of hydrogen-bond donors (Lipinski definition) is 3. The van der Waals surface area contributed by atoms with Gasteiger partial charge in [0.1, 0.15) is 5.75 Å². The smallest absolute Gasteiger partial charge is 0.469 e. The standard InChI is InChI=1S/C19H31F3NO5P/c1-3-4-5-6-7-12-27-17-9-8-15(13-16(17)19(20,21)22)10-11-18(2,23)14-28-29(24,25)26/h8-9,13H,3-7,10-12,14,23H2,1-2H3,(H2,24,25,26)/t18-/m0/s1. The monoisotopic (exact) mass is 441 g/mol. The number of benzene rings is 1. The van der Waals surface area contributed by atoms with Crippen molar-refractivity contribution in [3.05, 3.63) is 29.3 Å². The maximum absolute atomic E-state index is 13.4. The molecule has 0 radical (unpaired) electrons. The van der Waals surface area contributed by atoms with Crippen molar-refractivity contribution in [3.8, 4) is 5.75 Å². The Balaban J connectivity index is 2.72. The van der Waals surface area contributed by atoms with Crippen LogP contribution in [0.3, 0.4) is 0 Å². The zero-order chi connectivity index (χ0) is 22.1. The Kier molecular flexibility index (Phi) is 10.1. The number of halogens is 3. The van der Waals surface area contributed by atoms with Crippen molar-refractivity contribution >= 4 is 7.82 Å². The van der Waals surface area contributed by atoms with Gasteiger partial charge in [-0.25, -0.2) is 4.57 Å². The molecule has 0 fully saturated rings. The number of phosphoric acid groups is 1. The van der Waals surface area contributed by atoms with Crippen LogP contribution < -0.4 is 10.5 Å². The summed E-state index contributed by atoms with van der Waals surface area (Å²) in [6.07, 6.45) is 0.663. The third-order valence-electron chi connectivity index (χ3n) is 4.40. The van der Waals surface area contributed by atoms with Crippen molar-refractivity contribution in [2.75, 3.05) is 13.2 Å². The zero-order valence-corrected chi connectivity index (χ0v) is 17.8. The molecule has 0 saturated carbocycles. The van der Waals surface area contributed by atoms with E-state index in [0.29, 0.717) is 12.0 Å². The van der Waals surface area contributed by atoms with Crippen LogP contribution in [0.4, 0.5) is 13.2 Å². The molecule has 168 valence electrons. The number of phosphoric ester groups is 1. The van der Waals surface area contributed by atoms with Gasteiger partial charge in [-0.2, -0.15) is 13.2 Å². The number of rotatable bonds is 13. The van der Waals surface area contributed by atoms with Gasteiger partial charge in [0.2, 0.25) is 0 Å². The Labute approximate surface area is 169 Å². The van der Waals surface area contributed by atoms with Crippen LogP contribution in [0.15, 0.2) is 18.2 Å². The van der Waals surface area contributed by atoms with E-state index >= 15 is 0 Å². The first-order chi connectivity index (χ1) is 13.3. The van der Waals surface area contributed by atoms with Crippen LogP contribution in [0.25, 0.3) is 0 Å². The predicted molar refractivity (Wildman–Crippen MR) is 105 cm³/mol. The van der Waals surface area contributed by atoms with E-state index in [0.717, 1.165) is 31.7 Å². The molecule has 4 N–H and O–H groups in total. The molecule has 0 heterocycles. The number of nitrogens with two attached hydrogens (primary N) is 1. The molecular formula is C19H31F3NO5P. The minimum absolute atomic E-state index is 0.182. The third kappa shape index (κ3) is 11.0. The summed E-state index contributed by atoms with van der Waals surface area (Å²) in [7, 11) is -4.66. The first kappa shape index (κ1) is 25.9. The molecule has 0 aliphatic carbocycles. The molecule has 1 rings (SSSR count). The Morgan fingerprint density at radius 2 is 1.79 bits per heavy atom. The average Bonchev–Trinajstić information content (AvgIpc) is 2.60. The fourth-order valence-corrected chi connectivity index (χ4v) is 3.16. The van der Waals surface area contributed by atoms with Gasteiger partial charge in [-0.15, -0.1) is 0 Å². The first-order valence-electron chi connectivity index (χ1n) is 9.66. The second-order valence-electron chi connectivity index (χ2n) is 7.51. The molecule has 29 heavy (non-hydrogen) atoms. The maximum atomic E-state index is 13.4. The molecule has 10 heteroatoms. The molecular weight excluding hydrogens is 410 g/mol. The number of aryl methyl sites for hydroxylation is 1. The van der Waals surface area contributed by atoms with Gasteiger partial charge >= 0.3 is 14.0 Å². The Hall–Kier alpha value is -1.12. The van der Waals surface area contributed by atoms with E-state index in [-0.39, 0.29) is 25.2 Å². The van der Waals surface area contributed by atoms with Gasteiger partial charge in [0, 0.05) is 5.54 Å². The van der Waals surface area contributed by atoms with Gasteiger partial charge in [0.15, 0.2) is 0 Å². The molecule has 0 aliphatic rings. The van der Waals surface area contributed by atoms with Crippen LogP contribution in [0.1, 0.15) is 63.5 Å². The largest absolute Gasteiger partial charge is 0.493 e. The minimum atomic E-state index is -4.66. The first-order valence-corrected chi connectivity index (χ1v) is 11.2. The summed E-state index contributed by atoms with van der Waals surface area (Å²) in [5.74, 6) is -0.197. The molecule has 0 unspecified atom stereocenters. The molecule has 0 spiro atoms. The summed E-state index contributed by atoms with van der Waals surface area (Å²) in [4.78, 5) is 17.5. The van der Waals surface area contributed by atoms with Gasteiger partial charge < -0.3 is 20.3 Å². The number of ether oxygens (including phenoxy) is 1. The number of unbranched alkanes of at least 4 members (excludes halogenated alkanes) is 4. The third-order valence-corrected chi connectivity index (χ3v) is 4.87. The van der Waals surface area contributed by atoms with E-state index in [1.165, 1.54) is 13.0 Å². The van der Waals surface area contributed by atoms with Gasteiger partial charge in [-0.1, -0.05) is 38.7 Å². The average molecular weight is 441 g/mol. The fourth-order valence-electron chi connectivity index (χ4n) is 2.70. The van der Waals surface area contributed by atoms with Gasteiger partial charge in [0.05, 0.1) is 18.8 Å². The lowest BCUT2D eigenvalue weighted by molar-refractivity contribution is -0.139. The summed E-state index contributed by atoms with van der Waals surface area (Å²) < 4.78 is 60.8. The van der Waals surface area contributed by atoms with Crippen LogP contribution in [0.2, 0.25) is 0 Å². The molecule has 6 nitrogen and oxygen atoms in total. The second-order valence-corrected chi connectivity index (χ2v) is 8.75. The molecule has 0 saturated heterocycles. The summed E-state index contributed by atoms with van der Waals surface area (Å²) in [5.41, 5.74) is 4.39. The quantitative estimate of drug-likeness (QED) is 0.300. The summed E-state index contributed by atoms with van der Waals surface area (Å²) >= 11 is 0. The van der Waals surface area contributed by atoms with Gasteiger partial charge in [-0.05, 0) is 43.9 Å². The molecule has 0 bridgehead atoms. The summed E-state index contributed by atoms with van der Waals surface area (Å²) in [5, 5.41) is 0. The Bertz CT molecular complexity index is 676. The fraction of sp³-hybridized carbons (Fsp3) is 0.684. The van der Waals surface area contributed by atoms with Crippen LogP contribution in [0.5, 0.6) is 5.75 Å². The van der Waals surface area contributed by atoms with Crippen molar-refractivity contribution < 1.29 is 36.8 Å². The highest BCUT2D eigenvalue weighted by Gasteiger charge is 2.35. The maximum Gasteiger partial charge on any atom is 0.469 e. The van der Waals surface area contributed by atoms with Crippen LogP contribution in [-0.2, 0) is 21.7 Å². The lowest BCUT2D eigenvalue weighted by Gasteiger charge is -2.24. The van der Waals surface area contributed by atoms with Crippen LogP contribution >= 0.6 is 7.82 Å². The lowest BCUT2D eigenvalue weighted by Crippen LogP contribution is -2.41. The van der Waals surface area contributed by atoms with E-state index in [9.17, 15) is 17.7 Å². The van der Waals surface area contributed by atoms with Crippen molar-refractivity contribution in [3.63, 3.8) is 0 Å². The van der Waals surface area contributed by atoms with Crippen LogP contribution in [0, 0.1) is 0 Å². The minimum Gasteiger partial charge on any atom is -0.493 e. The van der Waals surface area contributed by atoms with Gasteiger partial charge in [0.25, 0.3) is 0 Å². The van der Waals surface area contributed by atoms with Crippen molar-refractivity contribution in [1.82, 2.24) is 0 Å². The zero-order valence-electron chi connectivity index (χ0n) is 16.9. The summed E-state index contributed by atoms with van der Waals surface area (Å²) in [6, 6.07) is 3.89. The number of alkyl halides is 3. The molecule has 1 atom stereocenters. The molecule has 1 aromatic rings. The highest BCUT2D eigenvalue weighted by atomic mass is 31.2. The SMILES string of the molecule is CCCCCCCOc1ccc(CC[C@](C)(N)COP(=O)(O)O)cc1C(F)(F)F. The van der Waals surface area contributed by atoms with Crippen LogP contribution in [-0.4, -0.2) is 28.5 Å². The molecule has 0 amide bonds. The van der Waals surface area contributed by atoms with Crippen molar-refractivity contribution in [1.29, 1.82) is 0 Å². The Morgan fingerprint density at radius 1 is 1.14 bits per heavy atom. The highest BCUT2D eigenvalue weighted by Crippen LogP contribution is 2.38. The molecule has 1 aromatic carbocycles. The molecule has 0 aliphatic heterocycles. The van der Waals surface area contributed by atoms with Crippen molar-refractivity contribution in [2.24, 2.45) is 5.73 Å².